The highest BCUT2D eigenvalue weighted by Gasteiger charge is 2.22. The molecule has 0 unspecified atom stereocenters. The molecule has 0 aliphatic carbocycles. The number of carbonyl (C=O) groups is 1. The Labute approximate surface area is 135 Å². The van der Waals surface area contributed by atoms with Crippen LogP contribution in [0.4, 0.5) is 0 Å². The molecular weight excluding hydrogens is 320 g/mol. The van der Waals surface area contributed by atoms with Gasteiger partial charge in [-0.15, -0.1) is 11.3 Å². The molecule has 0 N–H and O–H groups in total. The quantitative estimate of drug-likeness (QED) is 0.534. The maximum atomic E-state index is 12.6. The van der Waals surface area contributed by atoms with Crippen LogP contribution in [-0.2, 0) is 11.8 Å². The van der Waals surface area contributed by atoms with E-state index in [1.165, 1.54) is 15.9 Å². The van der Waals surface area contributed by atoms with Crippen LogP contribution < -0.4 is 5.56 Å². The highest BCUT2D eigenvalue weighted by atomic mass is 32.1. The van der Waals surface area contributed by atoms with Crippen LogP contribution >= 0.6 is 23.6 Å². The summed E-state index contributed by atoms with van der Waals surface area (Å²) < 4.78 is 9.34. The summed E-state index contributed by atoms with van der Waals surface area (Å²) in [5.74, 6) is -0.433. The average Bonchev–Trinajstić information content (AvgIpc) is 2.78. The van der Waals surface area contributed by atoms with Crippen LogP contribution in [0.15, 0.2) is 23.1 Å². The van der Waals surface area contributed by atoms with Gasteiger partial charge in [-0.3, -0.25) is 9.36 Å². The Morgan fingerprint density at radius 1 is 1.41 bits per heavy atom. The largest absolute Gasteiger partial charge is 0.462 e. The number of aryl methyl sites for hydroxylation is 1. The molecule has 0 atom stereocenters. The van der Waals surface area contributed by atoms with Gasteiger partial charge >= 0.3 is 5.97 Å². The molecule has 0 amide bonds. The van der Waals surface area contributed by atoms with Gasteiger partial charge < -0.3 is 9.14 Å². The fraction of sp³-hybridized carbons (Fsp3) is 0.267. The minimum absolute atomic E-state index is 0.213. The van der Waals surface area contributed by atoms with Crippen LogP contribution in [0.25, 0.3) is 15.7 Å². The molecule has 0 aromatic carbocycles. The van der Waals surface area contributed by atoms with Crippen molar-refractivity contribution < 1.29 is 9.53 Å². The highest BCUT2D eigenvalue weighted by molar-refractivity contribution is 7.73. The van der Waals surface area contributed by atoms with Crippen molar-refractivity contribution in [3.63, 3.8) is 0 Å². The Balaban J connectivity index is 2.60. The summed E-state index contributed by atoms with van der Waals surface area (Å²) in [6.45, 7) is 3.97. The van der Waals surface area contributed by atoms with Gasteiger partial charge in [-0.2, -0.15) is 0 Å². The van der Waals surface area contributed by atoms with Gasteiger partial charge in [0.15, 0.2) is 3.95 Å². The molecule has 7 heteroatoms. The molecule has 0 spiro atoms. The first-order valence-corrected chi connectivity index (χ1v) is 7.99. The molecule has 0 radical (unpaired) electrons. The Morgan fingerprint density at radius 2 is 2.14 bits per heavy atom. The maximum absolute atomic E-state index is 12.6. The van der Waals surface area contributed by atoms with E-state index >= 15 is 0 Å². The monoisotopic (exact) mass is 334 g/mol. The summed E-state index contributed by atoms with van der Waals surface area (Å²) in [5.41, 5.74) is 2.31. The van der Waals surface area contributed by atoms with Crippen molar-refractivity contribution >= 4 is 45.3 Å². The molecule has 3 aromatic rings. The molecule has 22 heavy (non-hydrogen) atoms. The third kappa shape index (κ3) is 2.08. The molecule has 0 saturated heterocycles. The number of hydrogen-bond donors (Lipinski definition) is 0. The van der Waals surface area contributed by atoms with Crippen molar-refractivity contribution in [2.24, 2.45) is 7.05 Å². The Hall–Kier alpha value is -1.99. The van der Waals surface area contributed by atoms with E-state index in [0.717, 1.165) is 5.56 Å². The number of ether oxygens (including phenoxy) is 1. The molecule has 3 aromatic heterocycles. The minimum atomic E-state index is -0.433. The summed E-state index contributed by atoms with van der Waals surface area (Å²) >= 11 is 6.48. The number of rotatable bonds is 2. The first kappa shape index (κ1) is 14.9. The molecule has 3 rings (SSSR count). The topological polar surface area (TPSA) is 52.7 Å². The molecular formula is C15H14N2O3S2. The van der Waals surface area contributed by atoms with E-state index in [4.69, 9.17) is 17.0 Å². The Kier molecular flexibility index (Phi) is 3.62. The lowest BCUT2D eigenvalue weighted by Crippen LogP contribution is -2.17. The lowest BCUT2D eigenvalue weighted by atomic mass is 10.2. The summed E-state index contributed by atoms with van der Waals surface area (Å²) in [6, 6.07) is 3.73. The zero-order chi connectivity index (χ0) is 16.0. The van der Waals surface area contributed by atoms with Gasteiger partial charge in [0.25, 0.3) is 5.56 Å². The van der Waals surface area contributed by atoms with E-state index < -0.39 is 5.97 Å². The molecule has 0 saturated carbocycles. The highest BCUT2D eigenvalue weighted by Crippen LogP contribution is 2.29. The molecule has 114 valence electrons. The summed E-state index contributed by atoms with van der Waals surface area (Å²) in [5, 5.41) is 0. The average molecular weight is 334 g/mol. The van der Waals surface area contributed by atoms with Gasteiger partial charge in [-0.25, -0.2) is 4.79 Å². The van der Waals surface area contributed by atoms with E-state index in [0.29, 0.717) is 25.3 Å². The third-order valence-corrected chi connectivity index (χ3v) is 5.06. The van der Waals surface area contributed by atoms with Gasteiger partial charge in [0.1, 0.15) is 11.1 Å². The van der Waals surface area contributed by atoms with E-state index in [1.54, 1.807) is 18.4 Å². The van der Waals surface area contributed by atoms with Crippen molar-refractivity contribution in [3.8, 4) is 0 Å². The lowest BCUT2D eigenvalue weighted by molar-refractivity contribution is 0.0531. The fourth-order valence-electron chi connectivity index (χ4n) is 2.44. The smallest absolute Gasteiger partial charge is 0.341 e. The maximum Gasteiger partial charge on any atom is 0.341 e. The zero-order valence-electron chi connectivity index (χ0n) is 12.4. The fourth-order valence-corrected chi connectivity index (χ4v) is 3.74. The van der Waals surface area contributed by atoms with Crippen molar-refractivity contribution in [2.45, 2.75) is 13.8 Å². The molecule has 0 aliphatic heterocycles. The van der Waals surface area contributed by atoms with Crippen LogP contribution in [0.5, 0.6) is 0 Å². The van der Waals surface area contributed by atoms with Crippen LogP contribution in [-0.4, -0.2) is 21.5 Å². The number of carbonyl (C=O) groups excluding carboxylic acids is 1. The predicted molar refractivity (Wildman–Crippen MR) is 89.5 cm³/mol. The first-order chi connectivity index (χ1) is 10.5. The van der Waals surface area contributed by atoms with Crippen LogP contribution in [0.3, 0.4) is 0 Å². The van der Waals surface area contributed by atoms with Crippen LogP contribution in [0.1, 0.15) is 22.8 Å². The third-order valence-electron chi connectivity index (χ3n) is 3.49. The van der Waals surface area contributed by atoms with Crippen molar-refractivity contribution in [1.29, 1.82) is 0 Å². The number of hydrogen-bond acceptors (Lipinski definition) is 5. The first-order valence-electron chi connectivity index (χ1n) is 6.77. The van der Waals surface area contributed by atoms with Gasteiger partial charge in [0.05, 0.1) is 16.8 Å². The minimum Gasteiger partial charge on any atom is -0.462 e. The second-order valence-corrected chi connectivity index (χ2v) is 6.61. The van der Waals surface area contributed by atoms with Gasteiger partial charge in [-0.1, -0.05) is 6.07 Å². The second kappa shape index (κ2) is 5.33. The zero-order valence-corrected chi connectivity index (χ0v) is 14.0. The Morgan fingerprint density at radius 3 is 2.82 bits per heavy atom. The van der Waals surface area contributed by atoms with E-state index in [9.17, 15) is 9.59 Å². The number of pyridine rings is 1. The number of esters is 1. The van der Waals surface area contributed by atoms with E-state index in [1.807, 2.05) is 25.3 Å². The molecule has 3 heterocycles. The molecule has 5 nitrogen and oxygen atoms in total. The standard InChI is InChI=1S/C15H14N2O3S2/c1-4-20-14(19)10-9-6-5-8(2)7-17(9)11-12(10)22-15(21)16(3)13(11)18/h5-7H,4H2,1-3H3. The summed E-state index contributed by atoms with van der Waals surface area (Å²) in [7, 11) is 1.64. The van der Waals surface area contributed by atoms with Crippen molar-refractivity contribution in [2.75, 3.05) is 6.61 Å². The van der Waals surface area contributed by atoms with Crippen molar-refractivity contribution in [3.05, 3.63) is 43.8 Å². The normalized spacial score (nSPS) is 11.2. The summed E-state index contributed by atoms with van der Waals surface area (Å²) in [6.07, 6.45) is 1.84. The number of aromatic nitrogens is 2. The molecule has 0 aliphatic rings. The SMILES string of the molecule is CCOC(=O)c1c2sc(=S)n(C)c(=O)c2n2cc(C)ccc12. The van der Waals surface area contributed by atoms with E-state index in [-0.39, 0.29) is 12.2 Å². The number of fused-ring (bicyclic) bond motifs is 3. The lowest BCUT2D eigenvalue weighted by Gasteiger charge is -2.01. The van der Waals surface area contributed by atoms with Crippen LogP contribution in [0, 0.1) is 10.9 Å². The Bertz CT molecular complexity index is 1030. The van der Waals surface area contributed by atoms with Crippen LogP contribution in [0.2, 0.25) is 0 Å². The molecule has 0 fully saturated rings. The number of nitrogens with zero attached hydrogens (tertiary/aromatic N) is 2. The van der Waals surface area contributed by atoms with Gasteiger partial charge in [0, 0.05) is 13.2 Å². The van der Waals surface area contributed by atoms with Gasteiger partial charge in [0.2, 0.25) is 0 Å². The van der Waals surface area contributed by atoms with E-state index in [2.05, 4.69) is 0 Å². The van der Waals surface area contributed by atoms with Gasteiger partial charge in [-0.05, 0) is 37.7 Å². The summed E-state index contributed by atoms with van der Waals surface area (Å²) in [4.78, 5) is 25.0. The second-order valence-electron chi connectivity index (χ2n) is 4.97. The molecule has 0 bridgehead atoms. The predicted octanol–water partition coefficient (Wildman–Crippen LogP) is 3.07. The van der Waals surface area contributed by atoms with Crippen molar-refractivity contribution in [1.82, 2.24) is 8.97 Å².